The molecule has 1 saturated heterocycles. The van der Waals surface area contributed by atoms with Gasteiger partial charge in [0.15, 0.2) is 0 Å². The van der Waals surface area contributed by atoms with Crippen LogP contribution in [0.5, 0.6) is 0 Å². The van der Waals surface area contributed by atoms with Crippen LogP contribution in [0.15, 0.2) is 17.3 Å². The Bertz CT molecular complexity index is 646. The molecule has 0 radical (unpaired) electrons. The minimum absolute atomic E-state index is 0.0746. The number of alkyl halides is 2. The van der Waals surface area contributed by atoms with E-state index < -0.39 is 34.4 Å². The minimum Gasteiger partial charge on any atom is -0.481 e. The minimum atomic E-state index is -3.92. The van der Waals surface area contributed by atoms with Gasteiger partial charge in [0.1, 0.15) is 11.4 Å². The zero-order chi connectivity index (χ0) is 15.8. The molecule has 1 unspecified atom stereocenters. The van der Waals surface area contributed by atoms with E-state index in [0.29, 0.717) is 0 Å². The normalized spacial score (nSPS) is 23.8. The molecule has 1 aromatic rings. The van der Waals surface area contributed by atoms with E-state index in [0.717, 1.165) is 21.4 Å². The van der Waals surface area contributed by atoms with Gasteiger partial charge in [-0.1, -0.05) is 0 Å². The largest absolute Gasteiger partial charge is 0.481 e. The van der Waals surface area contributed by atoms with Crippen LogP contribution in [0, 0.1) is 5.41 Å². The van der Waals surface area contributed by atoms with Crippen molar-refractivity contribution in [2.24, 2.45) is 5.41 Å². The molecule has 118 valence electrons. The van der Waals surface area contributed by atoms with Gasteiger partial charge in [0.05, 0.1) is 11.6 Å². The number of hydrogen-bond acceptors (Lipinski definition) is 4. The second-order valence-electron chi connectivity index (χ2n) is 5.24. The summed E-state index contributed by atoms with van der Waals surface area (Å²) in [6.45, 7) is 0.712. The molecule has 2 rings (SSSR count). The maximum atomic E-state index is 12.3. The number of aliphatic carboxylic acids is 1. The monoisotopic (exact) mass is 323 g/mol. The third-order valence-electron chi connectivity index (χ3n) is 3.53. The molecule has 10 heteroatoms. The first-order chi connectivity index (χ1) is 9.65. The number of aromatic nitrogens is 2. The average molecular weight is 323 g/mol. The van der Waals surface area contributed by atoms with Crippen molar-refractivity contribution in [1.29, 1.82) is 0 Å². The molecule has 1 aliphatic heterocycles. The fraction of sp³-hybridized carbons (Fsp3) is 0.636. The molecule has 1 aromatic heterocycles. The van der Waals surface area contributed by atoms with E-state index in [2.05, 4.69) is 5.10 Å². The summed E-state index contributed by atoms with van der Waals surface area (Å²) >= 11 is 0. The van der Waals surface area contributed by atoms with Crippen molar-refractivity contribution >= 4 is 16.0 Å². The van der Waals surface area contributed by atoms with E-state index >= 15 is 0 Å². The van der Waals surface area contributed by atoms with E-state index in [1.54, 1.807) is 0 Å². The van der Waals surface area contributed by atoms with Crippen LogP contribution in [0.1, 0.15) is 13.3 Å². The fourth-order valence-electron chi connectivity index (χ4n) is 2.17. The lowest BCUT2D eigenvalue weighted by atomic mass is 9.90. The van der Waals surface area contributed by atoms with E-state index in [9.17, 15) is 22.0 Å². The lowest BCUT2D eigenvalue weighted by Crippen LogP contribution is -2.34. The van der Waals surface area contributed by atoms with Crippen molar-refractivity contribution in [2.45, 2.75) is 31.2 Å². The third-order valence-corrected chi connectivity index (χ3v) is 5.33. The Morgan fingerprint density at radius 3 is 2.76 bits per heavy atom. The maximum absolute atomic E-state index is 12.3. The van der Waals surface area contributed by atoms with Crippen LogP contribution in [-0.4, -0.2) is 53.1 Å². The molecule has 1 N–H and O–H groups in total. The van der Waals surface area contributed by atoms with E-state index in [1.165, 1.54) is 6.92 Å². The standard InChI is InChI=1S/C11H15F2N3O4S/c1-11(10(17)18)2-3-16(7-11)21(19,20)8-4-14-15(5-8)6-9(12)13/h4-5,9H,2-3,6-7H2,1H3,(H,17,18). The van der Waals surface area contributed by atoms with Gasteiger partial charge in [-0.15, -0.1) is 0 Å². The highest BCUT2D eigenvalue weighted by molar-refractivity contribution is 7.89. The molecule has 1 aliphatic rings. The Morgan fingerprint density at radius 2 is 2.24 bits per heavy atom. The Morgan fingerprint density at radius 1 is 1.57 bits per heavy atom. The Labute approximate surface area is 120 Å². The second-order valence-corrected chi connectivity index (χ2v) is 7.18. The number of sulfonamides is 1. The topological polar surface area (TPSA) is 92.5 Å². The quantitative estimate of drug-likeness (QED) is 0.858. The summed E-state index contributed by atoms with van der Waals surface area (Å²) in [7, 11) is -3.92. The fourth-order valence-corrected chi connectivity index (χ4v) is 3.69. The number of rotatable bonds is 5. The average Bonchev–Trinajstić information content (AvgIpc) is 2.96. The smallest absolute Gasteiger partial charge is 0.310 e. The van der Waals surface area contributed by atoms with Crippen molar-refractivity contribution in [3.8, 4) is 0 Å². The molecule has 0 spiro atoms. The summed E-state index contributed by atoms with van der Waals surface area (Å²) in [6.07, 6.45) is -0.416. The molecule has 0 aromatic carbocycles. The van der Waals surface area contributed by atoms with Crippen molar-refractivity contribution in [1.82, 2.24) is 14.1 Å². The van der Waals surface area contributed by atoms with Gasteiger partial charge >= 0.3 is 5.97 Å². The zero-order valence-corrected chi connectivity index (χ0v) is 12.1. The van der Waals surface area contributed by atoms with Gasteiger partial charge in [-0.2, -0.15) is 9.40 Å². The molecule has 1 atom stereocenters. The number of carboxylic acids is 1. The predicted molar refractivity (Wildman–Crippen MR) is 67.3 cm³/mol. The summed E-state index contributed by atoms with van der Waals surface area (Å²) in [5, 5.41) is 12.7. The van der Waals surface area contributed by atoms with Crippen LogP contribution in [0.3, 0.4) is 0 Å². The van der Waals surface area contributed by atoms with Crippen molar-refractivity contribution in [2.75, 3.05) is 13.1 Å². The molecule has 0 amide bonds. The van der Waals surface area contributed by atoms with E-state index in [4.69, 9.17) is 5.11 Å². The Balaban J connectivity index is 2.20. The van der Waals surface area contributed by atoms with Crippen LogP contribution in [-0.2, 0) is 21.4 Å². The lowest BCUT2D eigenvalue weighted by Gasteiger charge is -2.19. The highest BCUT2D eigenvalue weighted by atomic mass is 32.2. The summed E-state index contributed by atoms with van der Waals surface area (Å²) in [4.78, 5) is 10.9. The first-order valence-electron chi connectivity index (χ1n) is 6.19. The third kappa shape index (κ3) is 3.05. The number of carbonyl (C=O) groups is 1. The molecule has 0 saturated carbocycles. The molecule has 21 heavy (non-hydrogen) atoms. The summed E-state index contributed by atoms with van der Waals surface area (Å²) < 4.78 is 51.0. The number of halogens is 2. The number of carboxylic acid groups (broad SMARTS) is 1. The van der Waals surface area contributed by atoms with Crippen LogP contribution >= 0.6 is 0 Å². The van der Waals surface area contributed by atoms with Gasteiger partial charge in [0.2, 0.25) is 10.0 Å². The zero-order valence-electron chi connectivity index (χ0n) is 11.2. The van der Waals surface area contributed by atoms with E-state index in [1.807, 2.05) is 0 Å². The molecule has 0 aliphatic carbocycles. The maximum Gasteiger partial charge on any atom is 0.310 e. The van der Waals surface area contributed by atoms with Crippen LogP contribution in [0.25, 0.3) is 0 Å². The van der Waals surface area contributed by atoms with Gasteiger partial charge in [0.25, 0.3) is 6.43 Å². The molecule has 0 bridgehead atoms. The van der Waals surface area contributed by atoms with Gasteiger partial charge in [-0.25, -0.2) is 17.2 Å². The predicted octanol–water partition coefficient (Wildman–Crippen LogP) is 0.633. The molecule has 7 nitrogen and oxygen atoms in total. The van der Waals surface area contributed by atoms with Gasteiger partial charge in [-0.05, 0) is 13.3 Å². The Hall–Kier alpha value is -1.55. The SMILES string of the molecule is CC1(C(=O)O)CCN(S(=O)(=O)c2cnn(CC(F)F)c2)C1. The number of hydrogen-bond donors (Lipinski definition) is 1. The molecular formula is C11H15F2N3O4S. The van der Waals surface area contributed by atoms with Crippen LogP contribution < -0.4 is 0 Å². The second kappa shape index (κ2) is 5.34. The highest BCUT2D eigenvalue weighted by Crippen LogP contribution is 2.33. The van der Waals surface area contributed by atoms with Crippen LogP contribution in [0.2, 0.25) is 0 Å². The summed E-state index contributed by atoms with van der Waals surface area (Å²) in [5.41, 5.74) is -1.13. The van der Waals surface area contributed by atoms with Crippen molar-refractivity contribution in [3.05, 3.63) is 12.4 Å². The molecular weight excluding hydrogens is 308 g/mol. The summed E-state index contributed by atoms with van der Waals surface area (Å²) in [6, 6.07) is 0. The Kier molecular flexibility index (Phi) is 4.02. The highest BCUT2D eigenvalue weighted by Gasteiger charge is 2.45. The lowest BCUT2D eigenvalue weighted by molar-refractivity contribution is -0.146. The van der Waals surface area contributed by atoms with Gasteiger partial charge < -0.3 is 5.11 Å². The van der Waals surface area contributed by atoms with Crippen molar-refractivity contribution < 1.29 is 27.1 Å². The van der Waals surface area contributed by atoms with Crippen molar-refractivity contribution in [3.63, 3.8) is 0 Å². The van der Waals surface area contributed by atoms with Gasteiger partial charge in [-0.3, -0.25) is 9.48 Å². The first kappa shape index (κ1) is 15.8. The summed E-state index contributed by atoms with van der Waals surface area (Å²) in [5.74, 6) is -1.06. The molecule has 2 heterocycles. The van der Waals surface area contributed by atoms with E-state index in [-0.39, 0.29) is 24.4 Å². The number of nitrogens with zero attached hydrogens (tertiary/aromatic N) is 3. The first-order valence-corrected chi connectivity index (χ1v) is 7.63. The molecule has 1 fully saturated rings. The van der Waals surface area contributed by atoms with Gasteiger partial charge in [0, 0.05) is 19.3 Å². The van der Waals surface area contributed by atoms with Crippen LogP contribution in [0.4, 0.5) is 8.78 Å².